The molecule has 0 spiro atoms. The van der Waals surface area contributed by atoms with Crippen molar-refractivity contribution in [1.82, 2.24) is 10.6 Å². The molecule has 4 aliphatic rings. The Labute approximate surface area is 218 Å². The summed E-state index contributed by atoms with van der Waals surface area (Å²) >= 11 is 11.8. The smallest absolute Gasteiger partial charge is 0.263 e. The number of ether oxygens (including phenoxy) is 2. The molecular formula is C26H26Cl2FN3O4. The van der Waals surface area contributed by atoms with Gasteiger partial charge in [0.25, 0.3) is 11.8 Å². The van der Waals surface area contributed by atoms with E-state index in [4.69, 9.17) is 32.7 Å². The molecule has 0 aromatic heterocycles. The van der Waals surface area contributed by atoms with E-state index in [2.05, 4.69) is 17.2 Å². The van der Waals surface area contributed by atoms with E-state index in [0.29, 0.717) is 43.1 Å². The number of hydrogen-bond acceptors (Lipinski definition) is 5. The Morgan fingerprint density at radius 2 is 1.89 bits per heavy atom. The van der Waals surface area contributed by atoms with Gasteiger partial charge in [-0.25, -0.2) is 4.39 Å². The van der Waals surface area contributed by atoms with Gasteiger partial charge >= 0.3 is 0 Å². The Bertz CT molecular complexity index is 1230. The highest BCUT2D eigenvalue weighted by molar-refractivity contribution is 6.31. The van der Waals surface area contributed by atoms with Gasteiger partial charge in [0.05, 0.1) is 17.3 Å². The van der Waals surface area contributed by atoms with Crippen LogP contribution >= 0.6 is 23.2 Å². The molecule has 2 bridgehead atoms. The molecule has 0 radical (unpaired) electrons. The standard InChI is InChI=1S/C26H26Cl2FN3O4/c1-15(2)9-32-10-22(36-21-6-3-16(27)7-20(21)32)24(34)31-26-12-25(13-26,14-26)30-23(33)11-35-17-4-5-18(28)19(29)8-17/h3-8,22H,1,9-14H2,2H3,(H,30,33)(H,31,34)/t22-,25?,26?/m0/s1. The number of fused-ring (bicyclic) bond motifs is 1. The fourth-order valence-corrected chi connectivity index (χ4v) is 5.66. The summed E-state index contributed by atoms with van der Waals surface area (Å²) in [4.78, 5) is 27.5. The topological polar surface area (TPSA) is 79.9 Å². The highest BCUT2D eigenvalue weighted by atomic mass is 35.5. The SMILES string of the molecule is C=C(C)CN1C[C@@H](C(=O)NC23CC(NC(=O)COc4ccc(Cl)c(F)c4)(C2)C3)Oc2ccc(Cl)cc21. The molecule has 1 aliphatic heterocycles. The summed E-state index contributed by atoms with van der Waals surface area (Å²) in [5.74, 6) is -0.260. The number of carbonyl (C=O) groups is 2. The number of halogens is 3. The Kier molecular flexibility index (Phi) is 6.29. The van der Waals surface area contributed by atoms with E-state index >= 15 is 0 Å². The summed E-state index contributed by atoms with van der Waals surface area (Å²) in [5.41, 5.74) is 1.12. The van der Waals surface area contributed by atoms with Crippen LogP contribution in [0.3, 0.4) is 0 Å². The average molecular weight is 534 g/mol. The summed E-state index contributed by atoms with van der Waals surface area (Å²) in [6.45, 7) is 6.66. The van der Waals surface area contributed by atoms with Gasteiger partial charge in [0.1, 0.15) is 17.3 Å². The van der Waals surface area contributed by atoms with Crippen LogP contribution in [0.5, 0.6) is 11.5 Å². The van der Waals surface area contributed by atoms with Crippen LogP contribution in [0.15, 0.2) is 48.6 Å². The molecule has 190 valence electrons. The zero-order valence-corrected chi connectivity index (χ0v) is 21.2. The van der Waals surface area contributed by atoms with Crippen LogP contribution < -0.4 is 25.0 Å². The number of nitrogens with one attached hydrogen (secondary N) is 2. The number of rotatable bonds is 8. The molecule has 0 unspecified atom stereocenters. The lowest BCUT2D eigenvalue weighted by Gasteiger charge is -2.70. The van der Waals surface area contributed by atoms with Crippen LogP contribution in [0.25, 0.3) is 0 Å². The number of carbonyl (C=O) groups excluding carboxylic acids is 2. The monoisotopic (exact) mass is 533 g/mol. The molecule has 36 heavy (non-hydrogen) atoms. The van der Waals surface area contributed by atoms with Gasteiger partial charge in [0, 0.05) is 28.7 Å². The zero-order chi connectivity index (χ0) is 25.7. The van der Waals surface area contributed by atoms with E-state index < -0.39 is 11.9 Å². The molecule has 3 fully saturated rings. The first kappa shape index (κ1) is 24.7. The molecule has 3 aliphatic carbocycles. The van der Waals surface area contributed by atoms with Gasteiger partial charge in [0.2, 0.25) is 0 Å². The minimum atomic E-state index is -0.675. The maximum atomic E-state index is 13.5. The molecular weight excluding hydrogens is 508 g/mol. The lowest BCUT2D eigenvalue weighted by Crippen LogP contribution is -2.84. The van der Waals surface area contributed by atoms with Gasteiger partial charge < -0.3 is 25.0 Å². The van der Waals surface area contributed by atoms with Gasteiger partial charge in [-0.3, -0.25) is 9.59 Å². The lowest BCUT2D eigenvalue weighted by molar-refractivity contribution is -0.153. The lowest BCUT2D eigenvalue weighted by atomic mass is 9.44. The molecule has 2 aromatic rings. The third-order valence-electron chi connectivity index (χ3n) is 6.75. The van der Waals surface area contributed by atoms with E-state index in [1.54, 1.807) is 12.1 Å². The molecule has 0 saturated heterocycles. The molecule has 7 nitrogen and oxygen atoms in total. The third-order valence-corrected chi connectivity index (χ3v) is 7.30. The van der Waals surface area contributed by atoms with Crippen molar-refractivity contribution in [2.24, 2.45) is 0 Å². The molecule has 1 atom stereocenters. The minimum absolute atomic E-state index is 0.0104. The molecule has 10 heteroatoms. The van der Waals surface area contributed by atoms with E-state index in [1.165, 1.54) is 12.1 Å². The number of nitrogens with zero attached hydrogens (tertiary/aromatic N) is 1. The second-order valence-corrected chi connectivity index (χ2v) is 10.9. The molecule has 2 amide bonds. The van der Waals surface area contributed by atoms with Crippen molar-refractivity contribution in [3.63, 3.8) is 0 Å². The predicted octanol–water partition coefficient (Wildman–Crippen LogP) is 4.26. The largest absolute Gasteiger partial charge is 0.484 e. The van der Waals surface area contributed by atoms with Gasteiger partial charge in [0.15, 0.2) is 12.7 Å². The number of benzene rings is 2. The van der Waals surface area contributed by atoms with E-state index in [1.807, 2.05) is 17.9 Å². The number of hydrogen-bond donors (Lipinski definition) is 2. The summed E-state index contributed by atoms with van der Waals surface area (Å²) in [6, 6.07) is 9.35. The fourth-order valence-electron chi connectivity index (χ4n) is 5.38. The first-order chi connectivity index (χ1) is 17.1. The van der Waals surface area contributed by atoms with E-state index in [9.17, 15) is 14.0 Å². The Hall–Kier alpha value is -2.97. The summed E-state index contributed by atoms with van der Waals surface area (Å²) in [6.07, 6.45) is 1.25. The van der Waals surface area contributed by atoms with Crippen molar-refractivity contribution in [1.29, 1.82) is 0 Å². The van der Waals surface area contributed by atoms with Crippen LogP contribution in [0.2, 0.25) is 10.0 Å². The molecule has 2 aromatic carbocycles. The van der Waals surface area contributed by atoms with Crippen LogP contribution in [0.1, 0.15) is 26.2 Å². The Morgan fingerprint density at radius 1 is 1.17 bits per heavy atom. The van der Waals surface area contributed by atoms with Crippen molar-refractivity contribution in [2.45, 2.75) is 43.4 Å². The maximum Gasteiger partial charge on any atom is 0.263 e. The minimum Gasteiger partial charge on any atom is -0.484 e. The van der Waals surface area contributed by atoms with Crippen LogP contribution in [-0.4, -0.2) is 48.7 Å². The molecule has 1 heterocycles. The van der Waals surface area contributed by atoms with Crippen molar-refractivity contribution in [3.05, 3.63) is 64.4 Å². The van der Waals surface area contributed by atoms with Crippen LogP contribution in [0.4, 0.5) is 10.1 Å². The number of amides is 2. The van der Waals surface area contributed by atoms with Crippen molar-refractivity contribution in [3.8, 4) is 11.5 Å². The maximum absolute atomic E-state index is 13.5. The van der Waals surface area contributed by atoms with E-state index in [0.717, 1.165) is 17.3 Å². The normalized spacial score (nSPS) is 25.4. The average Bonchev–Trinajstić information content (AvgIpc) is 2.77. The zero-order valence-electron chi connectivity index (χ0n) is 19.7. The fraction of sp³-hybridized carbons (Fsp3) is 0.385. The second kappa shape index (κ2) is 9.16. The first-order valence-corrected chi connectivity index (χ1v) is 12.4. The van der Waals surface area contributed by atoms with E-state index in [-0.39, 0.29) is 40.3 Å². The molecule has 3 saturated carbocycles. The second-order valence-electron chi connectivity index (χ2n) is 10.0. The Morgan fingerprint density at radius 3 is 2.58 bits per heavy atom. The quantitative estimate of drug-likeness (QED) is 0.495. The first-order valence-electron chi connectivity index (χ1n) is 11.6. The van der Waals surface area contributed by atoms with Crippen molar-refractivity contribution < 1.29 is 23.5 Å². The predicted molar refractivity (Wildman–Crippen MR) is 135 cm³/mol. The summed E-state index contributed by atoms with van der Waals surface area (Å²) < 4.78 is 24.9. The molecule has 6 rings (SSSR count). The van der Waals surface area contributed by atoms with Gasteiger partial charge in [-0.15, -0.1) is 0 Å². The highest BCUT2D eigenvalue weighted by Crippen LogP contribution is 2.60. The van der Waals surface area contributed by atoms with Crippen molar-refractivity contribution in [2.75, 3.05) is 24.6 Å². The van der Waals surface area contributed by atoms with Crippen LogP contribution in [0, 0.1) is 5.82 Å². The number of anilines is 1. The summed E-state index contributed by atoms with van der Waals surface area (Å²) in [7, 11) is 0. The van der Waals surface area contributed by atoms with Gasteiger partial charge in [-0.1, -0.05) is 35.4 Å². The third kappa shape index (κ3) is 4.84. The Balaban J connectivity index is 1.13. The highest BCUT2D eigenvalue weighted by Gasteiger charge is 2.69. The molecule has 2 N–H and O–H groups in total. The summed E-state index contributed by atoms with van der Waals surface area (Å²) in [5, 5.41) is 6.70. The van der Waals surface area contributed by atoms with Crippen molar-refractivity contribution >= 4 is 40.7 Å². The van der Waals surface area contributed by atoms with Gasteiger partial charge in [-0.05, 0) is 56.5 Å². The van der Waals surface area contributed by atoms with Crippen LogP contribution in [-0.2, 0) is 9.59 Å². The van der Waals surface area contributed by atoms with Gasteiger partial charge in [-0.2, -0.15) is 0 Å².